The second-order valence-electron chi connectivity index (χ2n) is 5.99. The Morgan fingerprint density at radius 2 is 1.91 bits per heavy atom. The minimum absolute atomic E-state index is 0. The lowest BCUT2D eigenvalue weighted by Crippen LogP contribution is -2.49. The van der Waals surface area contributed by atoms with Crippen molar-refractivity contribution in [3.63, 3.8) is 0 Å². The van der Waals surface area contributed by atoms with Crippen LogP contribution >= 0.6 is 23.9 Å². The standard InChI is InChI=1S/C16H21N3OS.ClH/c17-16(9-5-1-2-6-10-16)11-18-15(20)14-12-7-3-4-8-13(12)21-19-14;/h3-4,7-8H,1-2,5-6,9-11,17H2,(H,18,20);1H. The number of fused-ring (bicyclic) bond motifs is 1. The number of amides is 1. The van der Waals surface area contributed by atoms with E-state index in [1.807, 2.05) is 24.3 Å². The summed E-state index contributed by atoms with van der Waals surface area (Å²) in [6.45, 7) is 0.539. The lowest BCUT2D eigenvalue weighted by molar-refractivity contribution is 0.0939. The van der Waals surface area contributed by atoms with E-state index in [1.54, 1.807) is 0 Å². The summed E-state index contributed by atoms with van der Waals surface area (Å²) in [5, 5.41) is 3.92. The largest absolute Gasteiger partial charge is 0.349 e. The molecule has 1 amide bonds. The molecule has 1 aromatic heterocycles. The molecule has 6 heteroatoms. The molecule has 0 atom stereocenters. The van der Waals surface area contributed by atoms with E-state index >= 15 is 0 Å². The molecule has 0 radical (unpaired) electrons. The van der Waals surface area contributed by atoms with Gasteiger partial charge in [0.15, 0.2) is 0 Å². The fourth-order valence-corrected chi connectivity index (χ4v) is 3.77. The monoisotopic (exact) mass is 339 g/mol. The number of halogens is 1. The highest BCUT2D eigenvalue weighted by atomic mass is 35.5. The van der Waals surface area contributed by atoms with Crippen LogP contribution in [0.4, 0.5) is 0 Å². The van der Waals surface area contributed by atoms with Crippen molar-refractivity contribution in [2.45, 2.75) is 44.1 Å². The van der Waals surface area contributed by atoms with Crippen LogP contribution in [-0.2, 0) is 0 Å². The molecule has 120 valence electrons. The molecule has 1 saturated carbocycles. The highest BCUT2D eigenvalue weighted by Crippen LogP contribution is 2.25. The molecular formula is C16H22ClN3OS. The Morgan fingerprint density at radius 3 is 2.64 bits per heavy atom. The van der Waals surface area contributed by atoms with Gasteiger partial charge in [0.1, 0.15) is 5.69 Å². The zero-order chi connectivity index (χ0) is 14.7. The molecule has 2 aromatic rings. The Bertz CT molecular complexity index is 635. The molecule has 3 rings (SSSR count). The number of nitrogens with one attached hydrogen (secondary N) is 1. The molecule has 1 aliphatic rings. The van der Waals surface area contributed by atoms with Crippen LogP contribution in [0.25, 0.3) is 10.1 Å². The van der Waals surface area contributed by atoms with Crippen molar-refractivity contribution in [1.82, 2.24) is 9.69 Å². The van der Waals surface area contributed by atoms with Crippen LogP contribution in [0.15, 0.2) is 24.3 Å². The van der Waals surface area contributed by atoms with Gasteiger partial charge in [-0.1, -0.05) is 43.9 Å². The normalized spacial score (nSPS) is 17.5. The third-order valence-electron chi connectivity index (χ3n) is 4.29. The van der Waals surface area contributed by atoms with E-state index in [9.17, 15) is 4.79 Å². The van der Waals surface area contributed by atoms with E-state index in [1.165, 1.54) is 24.4 Å². The van der Waals surface area contributed by atoms with E-state index in [0.29, 0.717) is 12.2 Å². The first-order valence-electron chi connectivity index (χ1n) is 7.59. The maximum absolute atomic E-state index is 12.4. The van der Waals surface area contributed by atoms with Gasteiger partial charge in [-0.05, 0) is 30.4 Å². The van der Waals surface area contributed by atoms with Crippen LogP contribution in [0.1, 0.15) is 49.0 Å². The molecule has 0 unspecified atom stereocenters. The second kappa shape index (κ2) is 7.40. The van der Waals surface area contributed by atoms with E-state index in [-0.39, 0.29) is 23.9 Å². The Balaban J connectivity index is 0.00000176. The van der Waals surface area contributed by atoms with Crippen LogP contribution in [0.2, 0.25) is 0 Å². The van der Waals surface area contributed by atoms with Crippen molar-refractivity contribution in [1.29, 1.82) is 0 Å². The van der Waals surface area contributed by atoms with Crippen molar-refractivity contribution in [2.75, 3.05) is 6.54 Å². The Hall–Kier alpha value is -1.17. The zero-order valence-electron chi connectivity index (χ0n) is 12.5. The summed E-state index contributed by atoms with van der Waals surface area (Å²) >= 11 is 1.36. The van der Waals surface area contributed by atoms with Crippen molar-refractivity contribution >= 4 is 39.9 Å². The maximum Gasteiger partial charge on any atom is 0.271 e. The van der Waals surface area contributed by atoms with Crippen LogP contribution < -0.4 is 11.1 Å². The minimum Gasteiger partial charge on any atom is -0.349 e. The van der Waals surface area contributed by atoms with E-state index < -0.39 is 0 Å². The number of aromatic nitrogens is 1. The average Bonchev–Trinajstić information content (AvgIpc) is 2.81. The minimum atomic E-state index is -0.252. The van der Waals surface area contributed by atoms with Crippen molar-refractivity contribution < 1.29 is 4.79 Å². The summed E-state index contributed by atoms with van der Waals surface area (Å²) in [5.41, 5.74) is 6.71. The number of rotatable bonds is 3. The molecular weight excluding hydrogens is 318 g/mol. The summed E-state index contributed by atoms with van der Waals surface area (Å²) in [5.74, 6) is -0.110. The van der Waals surface area contributed by atoms with Crippen LogP contribution in [0.5, 0.6) is 0 Å². The SMILES string of the molecule is Cl.NC1(CNC(=O)c2nsc3ccccc23)CCCCCC1. The quantitative estimate of drug-likeness (QED) is 0.841. The molecule has 0 saturated heterocycles. The molecule has 0 bridgehead atoms. The van der Waals surface area contributed by atoms with E-state index in [2.05, 4.69) is 9.69 Å². The molecule has 0 aliphatic heterocycles. The summed E-state index contributed by atoms with van der Waals surface area (Å²) in [4.78, 5) is 12.4. The molecule has 0 spiro atoms. The smallest absolute Gasteiger partial charge is 0.271 e. The highest BCUT2D eigenvalue weighted by Gasteiger charge is 2.27. The molecule has 1 heterocycles. The van der Waals surface area contributed by atoms with Gasteiger partial charge in [0.05, 0.1) is 4.70 Å². The average molecular weight is 340 g/mol. The van der Waals surface area contributed by atoms with Gasteiger partial charge < -0.3 is 11.1 Å². The summed E-state index contributed by atoms with van der Waals surface area (Å²) < 4.78 is 5.33. The lowest BCUT2D eigenvalue weighted by atomic mass is 9.91. The van der Waals surface area contributed by atoms with E-state index in [0.717, 1.165) is 35.8 Å². The Morgan fingerprint density at radius 1 is 1.23 bits per heavy atom. The van der Waals surface area contributed by atoms with Gasteiger partial charge in [-0.15, -0.1) is 12.4 Å². The highest BCUT2D eigenvalue weighted by molar-refractivity contribution is 7.13. The first-order chi connectivity index (χ1) is 10.2. The van der Waals surface area contributed by atoms with Crippen molar-refractivity contribution in [3.8, 4) is 0 Å². The van der Waals surface area contributed by atoms with Crippen molar-refractivity contribution in [3.05, 3.63) is 30.0 Å². The fourth-order valence-electron chi connectivity index (χ4n) is 3.00. The van der Waals surface area contributed by atoms with Crippen molar-refractivity contribution in [2.24, 2.45) is 5.73 Å². The van der Waals surface area contributed by atoms with Gasteiger partial charge in [0, 0.05) is 17.5 Å². The topological polar surface area (TPSA) is 68.0 Å². The third-order valence-corrected chi connectivity index (χ3v) is 5.12. The number of carbonyl (C=O) groups excluding carboxylic acids is 1. The maximum atomic E-state index is 12.4. The van der Waals surface area contributed by atoms with Gasteiger partial charge in [0.2, 0.25) is 0 Å². The first-order valence-corrected chi connectivity index (χ1v) is 8.37. The number of nitrogens with zero attached hydrogens (tertiary/aromatic N) is 1. The van der Waals surface area contributed by atoms with Crippen LogP contribution in [0, 0.1) is 0 Å². The molecule has 1 fully saturated rings. The van der Waals surface area contributed by atoms with Gasteiger partial charge in [0.25, 0.3) is 5.91 Å². The second-order valence-corrected chi connectivity index (χ2v) is 6.79. The molecule has 1 aromatic carbocycles. The number of carbonyl (C=O) groups is 1. The van der Waals surface area contributed by atoms with Crippen LogP contribution in [-0.4, -0.2) is 22.4 Å². The Labute approximate surface area is 141 Å². The Kier molecular flexibility index (Phi) is 5.78. The third kappa shape index (κ3) is 3.77. The van der Waals surface area contributed by atoms with Gasteiger partial charge in [-0.25, -0.2) is 0 Å². The van der Waals surface area contributed by atoms with Gasteiger partial charge in [-0.3, -0.25) is 4.79 Å². The zero-order valence-corrected chi connectivity index (χ0v) is 14.1. The number of hydrogen-bond donors (Lipinski definition) is 2. The summed E-state index contributed by atoms with van der Waals surface area (Å²) in [6, 6.07) is 7.82. The van der Waals surface area contributed by atoms with Gasteiger partial charge in [-0.2, -0.15) is 4.37 Å². The molecule has 4 nitrogen and oxygen atoms in total. The van der Waals surface area contributed by atoms with Crippen LogP contribution in [0.3, 0.4) is 0 Å². The summed E-state index contributed by atoms with van der Waals surface area (Å²) in [6.07, 6.45) is 6.81. The predicted molar refractivity (Wildman–Crippen MR) is 93.8 cm³/mol. The molecule has 1 aliphatic carbocycles. The number of benzene rings is 1. The molecule has 22 heavy (non-hydrogen) atoms. The fraction of sp³-hybridized carbons (Fsp3) is 0.500. The summed E-state index contributed by atoms with van der Waals surface area (Å²) in [7, 11) is 0. The van der Waals surface area contributed by atoms with E-state index in [4.69, 9.17) is 5.73 Å². The van der Waals surface area contributed by atoms with Gasteiger partial charge >= 0.3 is 0 Å². The lowest BCUT2D eigenvalue weighted by Gasteiger charge is -2.28. The number of hydrogen-bond acceptors (Lipinski definition) is 4. The molecule has 3 N–H and O–H groups in total. The predicted octanol–water partition coefficient (Wildman–Crippen LogP) is 3.50. The number of nitrogens with two attached hydrogens (primary N) is 1. The first kappa shape index (κ1) is 17.2.